The molecule has 4 rings (SSSR count). The molecule has 0 amide bonds. The Balaban J connectivity index is 2.02. The minimum Gasteiger partial charge on any atom is -0.457 e. The SMILES string of the molecule is O=c1ccccn1C1c2ccccc2Oc2ccccc21. The highest BCUT2D eigenvalue weighted by atomic mass is 16.5. The molecule has 2 heterocycles. The number of nitrogens with zero attached hydrogens (tertiary/aromatic N) is 1. The average molecular weight is 275 g/mol. The van der Waals surface area contributed by atoms with Crippen molar-refractivity contribution in [2.24, 2.45) is 0 Å². The van der Waals surface area contributed by atoms with Gasteiger partial charge in [0.25, 0.3) is 5.56 Å². The van der Waals surface area contributed by atoms with Crippen molar-refractivity contribution < 1.29 is 4.74 Å². The molecule has 21 heavy (non-hydrogen) atoms. The minimum atomic E-state index is -0.153. The molecule has 1 aliphatic rings. The highest BCUT2D eigenvalue weighted by Gasteiger charge is 2.28. The van der Waals surface area contributed by atoms with Crippen LogP contribution in [0.4, 0.5) is 0 Å². The molecule has 0 atom stereocenters. The second kappa shape index (κ2) is 4.63. The fraction of sp³-hybridized carbons (Fsp3) is 0.0556. The van der Waals surface area contributed by atoms with Crippen LogP contribution >= 0.6 is 0 Å². The first-order valence-electron chi connectivity index (χ1n) is 6.87. The number of hydrogen-bond acceptors (Lipinski definition) is 2. The van der Waals surface area contributed by atoms with Gasteiger partial charge in [-0.2, -0.15) is 0 Å². The zero-order valence-electron chi connectivity index (χ0n) is 11.3. The lowest BCUT2D eigenvalue weighted by Gasteiger charge is -2.29. The van der Waals surface area contributed by atoms with Gasteiger partial charge < -0.3 is 9.30 Å². The third-order valence-electron chi connectivity index (χ3n) is 3.78. The van der Waals surface area contributed by atoms with Crippen LogP contribution in [-0.4, -0.2) is 4.57 Å². The molecule has 0 N–H and O–H groups in total. The fourth-order valence-corrected chi connectivity index (χ4v) is 2.84. The first-order chi connectivity index (χ1) is 10.3. The number of hydrogen-bond donors (Lipinski definition) is 0. The lowest BCUT2D eigenvalue weighted by Crippen LogP contribution is -2.27. The van der Waals surface area contributed by atoms with E-state index in [9.17, 15) is 4.79 Å². The van der Waals surface area contributed by atoms with Crippen LogP contribution in [0.25, 0.3) is 0 Å². The first-order valence-corrected chi connectivity index (χ1v) is 6.87. The van der Waals surface area contributed by atoms with E-state index >= 15 is 0 Å². The van der Waals surface area contributed by atoms with E-state index < -0.39 is 0 Å². The van der Waals surface area contributed by atoms with Crippen LogP contribution in [0.3, 0.4) is 0 Å². The molecule has 3 heteroatoms. The van der Waals surface area contributed by atoms with Crippen LogP contribution in [0, 0.1) is 0 Å². The smallest absolute Gasteiger partial charge is 0.251 e. The normalized spacial score (nSPS) is 13.1. The zero-order chi connectivity index (χ0) is 14.2. The lowest BCUT2D eigenvalue weighted by molar-refractivity contribution is 0.432. The van der Waals surface area contributed by atoms with E-state index in [0.29, 0.717) is 0 Å². The van der Waals surface area contributed by atoms with Gasteiger partial charge in [-0.1, -0.05) is 42.5 Å². The highest BCUT2D eigenvalue weighted by molar-refractivity contribution is 5.53. The molecule has 0 spiro atoms. The Kier molecular flexibility index (Phi) is 2.64. The van der Waals surface area contributed by atoms with E-state index in [1.54, 1.807) is 16.7 Å². The molecule has 1 aliphatic heterocycles. The van der Waals surface area contributed by atoms with Gasteiger partial charge in [0, 0.05) is 23.4 Å². The van der Waals surface area contributed by atoms with Gasteiger partial charge in [-0.05, 0) is 18.2 Å². The van der Waals surface area contributed by atoms with Crippen LogP contribution in [0.15, 0.2) is 77.7 Å². The van der Waals surface area contributed by atoms with Crippen LogP contribution in [0.5, 0.6) is 11.5 Å². The number of rotatable bonds is 1. The van der Waals surface area contributed by atoms with Crippen LogP contribution in [-0.2, 0) is 0 Å². The molecule has 3 aromatic rings. The summed E-state index contributed by atoms with van der Waals surface area (Å²) in [6.45, 7) is 0. The van der Waals surface area contributed by atoms with Gasteiger partial charge >= 0.3 is 0 Å². The van der Waals surface area contributed by atoms with Gasteiger partial charge in [0.05, 0.1) is 6.04 Å². The van der Waals surface area contributed by atoms with Crippen LogP contribution in [0.1, 0.15) is 17.2 Å². The van der Waals surface area contributed by atoms with Gasteiger partial charge in [-0.3, -0.25) is 4.79 Å². The summed E-state index contributed by atoms with van der Waals surface area (Å²) in [5, 5.41) is 0. The van der Waals surface area contributed by atoms with Gasteiger partial charge in [0.15, 0.2) is 0 Å². The molecule has 0 fully saturated rings. The van der Waals surface area contributed by atoms with Gasteiger partial charge in [-0.15, -0.1) is 0 Å². The Morgan fingerprint density at radius 2 is 1.33 bits per heavy atom. The van der Waals surface area contributed by atoms with Crippen LogP contribution in [0.2, 0.25) is 0 Å². The molecular weight excluding hydrogens is 262 g/mol. The van der Waals surface area contributed by atoms with Crippen molar-refractivity contribution in [3.63, 3.8) is 0 Å². The third-order valence-corrected chi connectivity index (χ3v) is 3.78. The molecular formula is C18H13NO2. The predicted octanol–water partition coefficient (Wildman–Crippen LogP) is 3.59. The maximum Gasteiger partial charge on any atom is 0.251 e. The number of pyridine rings is 1. The van der Waals surface area contributed by atoms with Crippen LogP contribution < -0.4 is 10.3 Å². The number of para-hydroxylation sites is 2. The molecule has 0 radical (unpaired) electrons. The highest BCUT2D eigenvalue weighted by Crippen LogP contribution is 2.43. The molecule has 0 bridgehead atoms. The molecule has 0 unspecified atom stereocenters. The van der Waals surface area contributed by atoms with Crippen molar-refractivity contribution in [2.45, 2.75) is 6.04 Å². The number of benzene rings is 2. The monoisotopic (exact) mass is 275 g/mol. The summed E-state index contributed by atoms with van der Waals surface area (Å²) in [5.41, 5.74) is 1.99. The summed E-state index contributed by atoms with van der Waals surface area (Å²) in [7, 11) is 0. The average Bonchev–Trinajstić information content (AvgIpc) is 2.53. The summed E-state index contributed by atoms with van der Waals surface area (Å²) < 4.78 is 7.70. The van der Waals surface area contributed by atoms with Crippen molar-refractivity contribution in [2.75, 3.05) is 0 Å². The van der Waals surface area contributed by atoms with E-state index in [0.717, 1.165) is 22.6 Å². The van der Waals surface area contributed by atoms with Gasteiger partial charge in [0.1, 0.15) is 11.5 Å². The maximum absolute atomic E-state index is 12.3. The summed E-state index contributed by atoms with van der Waals surface area (Å²) in [6, 6.07) is 20.8. The number of aromatic nitrogens is 1. The Bertz CT molecular complexity index is 821. The van der Waals surface area contributed by atoms with Gasteiger partial charge in [-0.25, -0.2) is 0 Å². The van der Waals surface area contributed by atoms with Crippen molar-refractivity contribution in [1.29, 1.82) is 0 Å². The largest absolute Gasteiger partial charge is 0.457 e. The molecule has 102 valence electrons. The van der Waals surface area contributed by atoms with E-state index in [1.807, 2.05) is 60.8 Å². The Hall–Kier alpha value is -2.81. The molecule has 0 saturated carbocycles. The summed E-state index contributed by atoms with van der Waals surface area (Å²) >= 11 is 0. The summed E-state index contributed by atoms with van der Waals surface area (Å²) in [5.74, 6) is 1.61. The second-order valence-electron chi connectivity index (χ2n) is 5.03. The van der Waals surface area contributed by atoms with Crippen molar-refractivity contribution >= 4 is 0 Å². The molecule has 1 aromatic heterocycles. The zero-order valence-corrected chi connectivity index (χ0v) is 11.3. The van der Waals surface area contributed by atoms with Crippen molar-refractivity contribution in [1.82, 2.24) is 4.57 Å². The summed E-state index contributed by atoms with van der Waals surface area (Å²) in [4.78, 5) is 12.3. The Morgan fingerprint density at radius 1 is 0.762 bits per heavy atom. The fourth-order valence-electron chi connectivity index (χ4n) is 2.84. The molecule has 3 nitrogen and oxygen atoms in total. The molecule has 0 aliphatic carbocycles. The van der Waals surface area contributed by atoms with E-state index in [2.05, 4.69) is 0 Å². The van der Waals surface area contributed by atoms with E-state index in [4.69, 9.17) is 4.74 Å². The number of ether oxygens (including phenoxy) is 1. The summed E-state index contributed by atoms with van der Waals surface area (Å²) in [6.07, 6.45) is 1.83. The quantitative estimate of drug-likeness (QED) is 0.531. The standard InChI is InChI=1S/C18H13NO2/c20-17-11-5-6-12-19(17)18-13-7-1-3-9-15(13)21-16-10-4-2-8-14(16)18/h1-12,18H. The molecule has 0 saturated heterocycles. The van der Waals surface area contributed by atoms with Crippen molar-refractivity contribution in [3.8, 4) is 11.5 Å². The lowest BCUT2D eigenvalue weighted by atomic mass is 9.94. The maximum atomic E-state index is 12.3. The van der Waals surface area contributed by atoms with Gasteiger partial charge in [0.2, 0.25) is 0 Å². The van der Waals surface area contributed by atoms with E-state index in [1.165, 1.54) is 0 Å². The Morgan fingerprint density at radius 3 is 1.95 bits per heavy atom. The number of fused-ring (bicyclic) bond motifs is 2. The molecule has 2 aromatic carbocycles. The topological polar surface area (TPSA) is 31.2 Å². The predicted molar refractivity (Wildman–Crippen MR) is 80.9 cm³/mol. The third kappa shape index (κ3) is 1.86. The second-order valence-corrected chi connectivity index (χ2v) is 5.03. The van der Waals surface area contributed by atoms with E-state index in [-0.39, 0.29) is 11.6 Å². The first kappa shape index (κ1) is 12.0. The Labute approximate surface area is 122 Å². The minimum absolute atomic E-state index is 0.0194. The van der Waals surface area contributed by atoms with Crippen molar-refractivity contribution in [3.05, 3.63) is 94.4 Å².